The molecule has 3 heterocycles. The Hall–Kier alpha value is -1.51. The van der Waals surface area contributed by atoms with Crippen LogP contribution in [0.4, 0.5) is 5.95 Å². The Kier molecular flexibility index (Phi) is 4.05. The molecule has 1 saturated heterocycles. The molecule has 8 heteroatoms. The minimum atomic E-state index is 0.0250. The van der Waals surface area contributed by atoms with Gasteiger partial charge >= 0.3 is 0 Å². The second-order valence-electron chi connectivity index (χ2n) is 5.67. The first-order chi connectivity index (χ1) is 10.9. The predicted octanol–water partition coefficient (Wildman–Crippen LogP) is 2.19. The third-order valence-electron chi connectivity index (χ3n) is 3.90. The summed E-state index contributed by atoms with van der Waals surface area (Å²) < 4.78 is 16.8. The highest BCUT2D eigenvalue weighted by molar-refractivity contribution is 7.07. The first-order valence-electron chi connectivity index (χ1n) is 7.55. The molecular formula is C14H18N4O3S. The molecule has 2 fully saturated rings. The lowest BCUT2D eigenvalue weighted by Crippen LogP contribution is -2.44. The molecule has 4 rings (SSSR count). The van der Waals surface area contributed by atoms with Crippen molar-refractivity contribution in [2.75, 3.05) is 18.5 Å². The van der Waals surface area contributed by atoms with Gasteiger partial charge in [-0.2, -0.15) is 4.98 Å². The van der Waals surface area contributed by atoms with Crippen molar-refractivity contribution in [1.82, 2.24) is 15.1 Å². The van der Waals surface area contributed by atoms with Gasteiger partial charge in [0.25, 0.3) is 5.95 Å². The normalized spacial score (nSPS) is 25.3. The van der Waals surface area contributed by atoms with Crippen LogP contribution in [0.2, 0.25) is 0 Å². The summed E-state index contributed by atoms with van der Waals surface area (Å²) in [5.41, 5.74) is 2.78. The number of aromatic nitrogens is 3. The number of hydrogen-bond acceptors (Lipinski definition) is 8. The molecule has 1 aliphatic carbocycles. The maximum absolute atomic E-state index is 5.99. The Balaban J connectivity index is 1.36. The molecule has 1 saturated carbocycles. The maximum atomic E-state index is 5.99. The molecule has 1 aliphatic heterocycles. The van der Waals surface area contributed by atoms with Crippen molar-refractivity contribution in [1.29, 1.82) is 0 Å². The van der Waals surface area contributed by atoms with Crippen LogP contribution in [-0.4, -0.2) is 40.5 Å². The van der Waals surface area contributed by atoms with Gasteiger partial charge in [-0.15, -0.1) is 11.3 Å². The van der Waals surface area contributed by atoms with Gasteiger partial charge in [-0.05, 0) is 24.4 Å². The molecule has 7 nitrogen and oxygen atoms in total. The summed E-state index contributed by atoms with van der Waals surface area (Å²) in [4.78, 5) is 8.64. The SMILES string of the molecule is c1nc(CO[C@@H]2CCOC[C@@H]2Nc2noc(C3CC3)n2)cs1. The number of nitrogens with one attached hydrogen (secondary N) is 1. The van der Waals surface area contributed by atoms with Crippen molar-refractivity contribution in [3.05, 3.63) is 22.5 Å². The fraction of sp³-hybridized carbons (Fsp3) is 0.643. The highest BCUT2D eigenvalue weighted by atomic mass is 32.1. The van der Waals surface area contributed by atoms with Gasteiger partial charge in [0.2, 0.25) is 5.89 Å². The monoisotopic (exact) mass is 322 g/mol. The second-order valence-corrected chi connectivity index (χ2v) is 6.39. The van der Waals surface area contributed by atoms with E-state index in [2.05, 4.69) is 20.4 Å². The van der Waals surface area contributed by atoms with E-state index >= 15 is 0 Å². The van der Waals surface area contributed by atoms with Crippen LogP contribution in [0.15, 0.2) is 15.4 Å². The Labute approximate surface area is 132 Å². The van der Waals surface area contributed by atoms with E-state index in [-0.39, 0.29) is 12.1 Å². The van der Waals surface area contributed by atoms with E-state index in [1.807, 2.05) is 10.9 Å². The molecule has 0 bridgehead atoms. The van der Waals surface area contributed by atoms with Crippen molar-refractivity contribution in [2.45, 2.75) is 43.9 Å². The van der Waals surface area contributed by atoms with Gasteiger partial charge in [0.15, 0.2) is 0 Å². The molecule has 2 aromatic heterocycles. The average Bonchev–Trinajstić information content (AvgIpc) is 3.07. The van der Waals surface area contributed by atoms with E-state index in [4.69, 9.17) is 14.0 Å². The lowest BCUT2D eigenvalue weighted by molar-refractivity contribution is -0.0487. The maximum Gasteiger partial charge on any atom is 0.263 e. The summed E-state index contributed by atoms with van der Waals surface area (Å²) in [6.07, 6.45) is 3.19. The largest absolute Gasteiger partial charge is 0.379 e. The topological polar surface area (TPSA) is 82.3 Å². The minimum absolute atomic E-state index is 0.0250. The van der Waals surface area contributed by atoms with Gasteiger partial charge in [-0.25, -0.2) is 4.98 Å². The van der Waals surface area contributed by atoms with Gasteiger partial charge in [0.05, 0.1) is 36.6 Å². The lowest BCUT2D eigenvalue weighted by Gasteiger charge is -2.31. The third kappa shape index (κ3) is 3.29. The molecule has 2 atom stereocenters. The van der Waals surface area contributed by atoms with Crippen LogP contribution >= 0.6 is 11.3 Å². The van der Waals surface area contributed by atoms with E-state index in [9.17, 15) is 0 Å². The molecule has 118 valence electrons. The first kappa shape index (κ1) is 14.1. The minimum Gasteiger partial charge on any atom is -0.379 e. The Morgan fingerprint density at radius 2 is 2.32 bits per heavy atom. The summed E-state index contributed by atoms with van der Waals surface area (Å²) in [7, 11) is 0. The van der Waals surface area contributed by atoms with Crippen molar-refractivity contribution in [3.8, 4) is 0 Å². The van der Waals surface area contributed by atoms with E-state index in [1.165, 1.54) is 0 Å². The van der Waals surface area contributed by atoms with Gasteiger partial charge in [-0.3, -0.25) is 0 Å². The summed E-state index contributed by atoms with van der Waals surface area (Å²) in [5.74, 6) is 1.72. The standard InChI is InChI=1S/C14H18N4O3S/c1-2-9(1)13-17-14(18-21-13)16-11-6-19-4-3-12(11)20-5-10-7-22-8-15-10/h7-9,11-12H,1-6H2,(H,16,18)/t11-,12+/m0/s1. The Bertz CT molecular complexity index is 599. The van der Waals surface area contributed by atoms with Gasteiger partial charge < -0.3 is 19.3 Å². The Morgan fingerprint density at radius 3 is 3.14 bits per heavy atom. The van der Waals surface area contributed by atoms with E-state index in [0.717, 1.165) is 30.8 Å². The van der Waals surface area contributed by atoms with Crippen LogP contribution in [-0.2, 0) is 16.1 Å². The Morgan fingerprint density at radius 1 is 1.36 bits per heavy atom. The zero-order valence-corrected chi connectivity index (χ0v) is 12.9. The smallest absolute Gasteiger partial charge is 0.263 e. The number of nitrogens with zero attached hydrogens (tertiary/aromatic N) is 3. The van der Waals surface area contributed by atoms with E-state index in [0.29, 0.717) is 31.7 Å². The van der Waals surface area contributed by atoms with Crippen LogP contribution in [0, 0.1) is 0 Å². The highest BCUT2D eigenvalue weighted by Gasteiger charge is 2.31. The van der Waals surface area contributed by atoms with Crippen molar-refractivity contribution >= 4 is 17.3 Å². The molecule has 0 unspecified atom stereocenters. The molecule has 2 aromatic rings. The molecule has 0 radical (unpaired) electrons. The van der Waals surface area contributed by atoms with Crippen molar-refractivity contribution in [3.63, 3.8) is 0 Å². The third-order valence-corrected chi connectivity index (χ3v) is 4.54. The van der Waals surface area contributed by atoms with E-state index < -0.39 is 0 Å². The number of thiazole rings is 1. The zero-order valence-electron chi connectivity index (χ0n) is 12.1. The van der Waals surface area contributed by atoms with Crippen LogP contribution in [0.25, 0.3) is 0 Å². The summed E-state index contributed by atoms with van der Waals surface area (Å²) in [5, 5.41) is 9.28. The van der Waals surface area contributed by atoms with Gasteiger partial charge in [-0.1, -0.05) is 0 Å². The van der Waals surface area contributed by atoms with Crippen LogP contribution in [0.3, 0.4) is 0 Å². The quantitative estimate of drug-likeness (QED) is 0.873. The van der Waals surface area contributed by atoms with Gasteiger partial charge in [0.1, 0.15) is 0 Å². The first-order valence-corrected chi connectivity index (χ1v) is 8.49. The number of rotatable bonds is 6. The highest BCUT2D eigenvalue weighted by Crippen LogP contribution is 2.39. The fourth-order valence-corrected chi connectivity index (χ4v) is 3.05. The van der Waals surface area contributed by atoms with Crippen LogP contribution < -0.4 is 5.32 Å². The molecule has 2 aliphatic rings. The summed E-state index contributed by atoms with van der Waals surface area (Å²) in [6.45, 7) is 1.81. The molecular weight excluding hydrogens is 304 g/mol. The molecule has 0 spiro atoms. The number of hydrogen-bond donors (Lipinski definition) is 1. The molecule has 1 N–H and O–H groups in total. The lowest BCUT2D eigenvalue weighted by atomic mass is 10.1. The fourth-order valence-electron chi connectivity index (χ4n) is 2.51. The van der Waals surface area contributed by atoms with Gasteiger partial charge in [0, 0.05) is 17.9 Å². The second kappa shape index (κ2) is 6.31. The summed E-state index contributed by atoms with van der Waals surface area (Å²) in [6, 6.07) is 0.0250. The number of ether oxygens (including phenoxy) is 2. The molecule has 0 aromatic carbocycles. The van der Waals surface area contributed by atoms with Crippen molar-refractivity contribution < 1.29 is 14.0 Å². The van der Waals surface area contributed by atoms with Crippen molar-refractivity contribution in [2.24, 2.45) is 0 Å². The van der Waals surface area contributed by atoms with Crippen LogP contribution in [0.1, 0.15) is 36.8 Å². The zero-order chi connectivity index (χ0) is 14.8. The van der Waals surface area contributed by atoms with E-state index in [1.54, 1.807) is 11.3 Å². The summed E-state index contributed by atoms with van der Waals surface area (Å²) >= 11 is 1.58. The number of anilines is 1. The molecule has 22 heavy (non-hydrogen) atoms. The molecule has 0 amide bonds. The predicted molar refractivity (Wildman–Crippen MR) is 79.8 cm³/mol. The average molecular weight is 322 g/mol. The van der Waals surface area contributed by atoms with Crippen LogP contribution in [0.5, 0.6) is 0 Å².